The van der Waals surface area contributed by atoms with Crippen LogP contribution in [0.4, 0.5) is 0 Å². The Labute approximate surface area is 131 Å². The number of rotatable bonds is 6. The van der Waals surface area contributed by atoms with Gasteiger partial charge in [-0.05, 0) is 54.7 Å². The number of fused-ring (bicyclic) bond motifs is 2. The smallest absolute Gasteiger partial charge is 0.220 e. The number of carbonyl (C=O) groups is 1. The Morgan fingerprint density at radius 2 is 2.09 bits per heavy atom. The number of hydrogen-bond acceptors (Lipinski definition) is 3. The van der Waals surface area contributed by atoms with Gasteiger partial charge in [0.25, 0.3) is 0 Å². The number of aliphatic hydroxyl groups excluding tert-OH is 1. The number of carbonyl (C=O) groups excluding carboxylic acids is 1. The molecule has 1 aromatic rings. The van der Waals surface area contributed by atoms with Crippen LogP contribution in [0.2, 0.25) is 0 Å². The first-order valence-corrected chi connectivity index (χ1v) is 8.24. The number of amides is 1. The van der Waals surface area contributed by atoms with Crippen LogP contribution in [-0.4, -0.2) is 24.7 Å². The first-order chi connectivity index (χ1) is 10.7. The molecule has 0 heterocycles. The fourth-order valence-corrected chi connectivity index (χ4v) is 4.09. The van der Waals surface area contributed by atoms with E-state index in [-0.39, 0.29) is 12.5 Å². The van der Waals surface area contributed by atoms with E-state index in [1.807, 2.05) is 24.3 Å². The average Bonchev–Trinajstić information content (AvgIpc) is 3.15. The standard InChI is InChI=1S/C18H25NO3/c1-22-16-6-4-13(5-7-16)17(20)11-19-18(21)10-15-9-12-2-3-14(15)8-12/h4-7,12,14-15,17,20H,2-3,8-11H2,1H3,(H,19,21). The lowest BCUT2D eigenvalue weighted by molar-refractivity contribution is -0.122. The van der Waals surface area contributed by atoms with Gasteiger partial charge in [0, 0.05) is 13.0 Å². The lowest BCUT2D eigenvalue weighted by atomic mass is 9.86. The molecule has 2 aliphatic carbocycles. The minimum absolute atomic E-state index is 0.0742. The molecule has 4 heteroatoms. The second-order valence-electron chi connectivity index (χ2n) is 6.73. The molecule has 0 radical (unpaired) electrons. The molecular weight excluding hydrogens is 278 g/mol. The molecule has 1 amide bonds. The van der Waals surface area contributed by atoms with Crippen molar-refractivity contribution in [1.29, 1.82) is 0 Å². The summed E-state index contributed by atoms with van der Waals surface area (Å²) >= 11 is 0. The van der Waals surface area contributed by atoms with Crippen molar-refractivity contribution < 1.29 is 14.6 Å². The summed E-state index contributed by atoms with van der Waals surface area (Å²) in [7, 11) is 1.61. The fraction of sp³-hybridized carbons (Fsp3) is 0.611. The van der Waals surface area contributed by atoms with Gasteiger partial charge in [0.2, 0.25) is 5.91 Å². The van der Waals surface area contributed by atoms with Crippen molar-refractivity contribution in [2.75, 3.05) is 13.7 Å². The quantitative estimate of drug-likeness (QED) is 0.849. The second-order valence-corrected chi connectivity index (χ2v) is 6.73. The Morgan fingerprint density at radius 3 is 2.68 bits per heavy atom. The summed E-state index contributed by atoms with van der Waals surface area (Å²) in [6.07, 6.45) is 5.16. The highest BCUT2D eigenvalue weighted by Crippen LogP contribution is 2.49. The highest BCUT2D eigenvalue weighted by molar-refractivity contribution is 5.76. The van der Waals surface area contributed by atoms with Gasteiger partial charge in [-0.15, -0.1) is 0 Å². The summed E-state index contributed by atoms with van der Waals surface area (Å²) in [5, 5.41) is 13.0. The van der Waals surface area contributed by atoms with Crippen LogP contribution in [0.3, 0.4) is 0 Å². The van der Waals surface area contributed by atoms with E-state index in [4.69, 9.17) is 4.74 Å². The first kappa shape index (κ1) is 15.3. The average molecular weight is 303 g/mol. The molecule has 4 atom stereocenters. The van der Waals surface area contributed by atoms with Gasteiger partial charge in [0.05, 0.1) is 13.2 Å². The summed E-state index contributed by atoms with van der Waals surface area (Å²) in [6.45, 7) is 0.270. The van der Waals surface area contributed by atoms with Crippen LogP contribution in [0.25, 0.3) is 0 Å². The summed E-state index contributed by atoms with van der Waals surface area (Å²) < 4.78 is 5.09. The van der Waals surface area contributed by atoms with E-state index in [1.165, 1.54) is 25.7 Å². The molecule has 1 aromatic carbocycles. The van der Waals surface area contributed by atoms with Crippen LogP contribution in [0, 0.1) is 17.8 Å². The van der Waals surface area contributed by atoms with Crippen molar-refractivity contribution >= 4 is 5.91 Å². The SMILES string of the molecule is COc1ccc(C(O)CNC(=O)CC2CC3CCC2C3)cc1. The maximum absolute atomic E-state index is 12.1. The predicted molar refractivity (Wildman–Crippen MR) is 84.5 cm³/mol. The number of nitrogens with one attached hydrogen (secondary N) is 1. The molecule has 0 saturated heterocycles. The molecule has 0 aromatic heterocycles. The van der Waals surface area contributed by atoms with Crippen molar-refractivity contribution in [3.05, 3.63) is 29.8 Å². The Balaban J connectivity index is 1.44. The fourth-order valence-electron chi connectivity index (χ4n) is 4.09. The third kappa shape index (κ3) is 3.43. The predicted octanol–water partition coefficient (Wildman–Crippen LogP) is 2.67. The monoisotopic (exact) mass is 303 g/mol. The van der Waals surface area contributed by atoms with E-state index in [2.05, 4.69) is 5.32 Å². The number of ether oxygens (including phenoxy) is 1. The normalized spacial score (nSPS) is 27.6. The number of hydrogen-bond donors (Lipinski definition) is 2. The minimum Gasteiger partial charge on any atom is -0.497 e. The maximum Gasteiger partial charge on any atom is 0.220 e. The molecule has 2 N–H and O–H groups in total. The zero-order valence-corrected chi connectivity index (χ0v) is 13.1. The number of aliphatic hydroxyl groups is 1. The molecule has 2 bridgehead atoms. The van der Waals surface area contributed by atoms with Crippen molar-refractivity contribution in [2.45, 2.75) is 38.2 Å². The van der Waals surface area contributed by atoms with E-state index in [0.29, 0.717) is 12.3 Å². The van der Waals surface area contributed by atoms with Crippen molar-refractivity contribution in [2.24, 2.45) is 17.8 Å². The van der Waals surface area contributed by atoms with Crippen LogP contribution >= 0.6 is 0 Å². The largest absolute Gasteiger partial charge is 0.497 e. The number of benzene rings is 1. The topological polar surface area (TPSA) is 58.6 Å². The molecule has 2 aliphatic rings. The van der Waals surface area contributed by atoms with Gasteiger partial charge in [-0.2, -0.15) is 0 Å². The minimum atomic E-state index is -0.671. The Bertz CT molecular complexity index is 514. The molecule has 0 spiro atoms. The van der Waals surface area contributed by atoms with Crippen LogP contribution in [0.15, 0.2) is 24.3 Å². The van der Waals surface area contributed by atoms with Gasteiger partial charge >= 0.3 is 0 Å². The van der Waals surface area contributed by atoms with E-state index >= 15 is 0 Å². The van der Waals surface area contributed by atoms with Gasteiger partial charge < -0.3 is 15.2 Å². The van der Waals surface area contributed by atoms with Crippen LogP contribution in [0.1, 0.15) is 43.8 Å². The van der Waals surface area contributed by atoms with Gasteiger partial charge in [-0.3, -0.25) is 4.79 Å². The van der Waals surface area contributed by atoms with E-state index < -0.39 is 6.10 Å². The van der Waals surface area contributed by atoms with E-state index in [1.54, 1.807) is 7.11 Å². The molecule has 2 fully saturated rings. The molecule has 2 saturated carbocycles. The molecule has 120 valence electrons. The van der Waals surface area contributed by atoms with Crippen LogP contribution < -0.4 is 10.1 Å². The van der Waals surface area contributed by atoms with Gasteiger partial charge in [0.1, 0.15) is 5.75 Å². The van der Waals surface area contributed by atoms with E-state index in [9.17, 15) is 9.90 Å². The third-order valence-electron chi connectivity index (χ3n) is 5.33. The Hall–Kier alpha value is -1.55. The maximum atomic E-state index is 12.1. The van der Waals surface area contributed by atoms with Gasteiger partial charge in [0.15, 0.2) is 0 Å². The highest BCUT2D eigenvalue weighted by Gasteiger charge is 2.40. The zero-order valence-electron chi connectivity index (χ0n) is 13.1. The van der Waals surface area contributed by atoms with Crippen molar-refractivity contribution in [3.8, 4) is 5.75 Å². The summed E-state index contributed by atoms with van der Waals surface area (Å²) in [6, 6.07) is 7.28. The summed E-state index contributed by atoms with van der Waals surface area (Å²) in [5.41, 5.74) is 0.793. The van der Waals surface area contributed by atoms with Gasteiger partial charge in [-0.25, -0.2) is 0 Å². The third-order valence-corrected chi connectivity index (χ3v) is 5.33. The lowest BCUT2D eigenvalue weighted by Gasteiger charge is -2.21. The highest BCUT2D eigenvalue weighted by atomic mass is 16.5. The molecule has 3 rings (SSSR count). The molecular formula is C18H25NO3. The molecule has 22 heavy (non-hydrogen) atoms. The number of methoxy groups -OCH3 is 1. The second kappa shape index (κ2) is 6.69. The first-order valence-electron chi connectivity index (χ1n) is 8.24. The van der Waals surface area contributed by atoms with Crippen LogP contribution in [0.5, 0.6) is 5.75 Å². The molecule has 4 nitrogen and oxygen atoms in total. The summed E-state index contributed by atoms with van der Waals surface area (Å²) in [4.78, 5) is 12.1. The van der Waals surface area contributed by atoms with Crippen molar-refractivity contribution in [1.82, 2.24) is 5.32 Å². The molecule has 4 unspecified atom stereocenters. The van der Waals surface area contributed by atoms with E-state index in [0.717, 1.165) is 23.1 Å². The van der Waals surface area contributed by atoms with Gasteiger partial charge in [-0.1, -0.05) is 18.6 Å². The lowest BCUT2D eigenvalue weighted by Crippen LogP contribution is -2.30. The Kier molecular flexibility index (Phi) is 4.67. The summed E-state index contributed by atoms with van der Waals surface area (Å²) in [5.74, 6) is 3.04. The van der Waals surface area contributed by atoms with Crippen molar-refractivity contribution in [3.63, 3.8) is 0 Å². The Morgan fingerprint density at radius 1 is 1.32 bits per heavy atom. The molecule has 0 aliphatic heterocycles. The van der Waals surface area contributed by atoms with Crippen LogP contribution in [-0.2, 0) is 4.79 Å². The zero-order chi connectivity index (χ0) is 15.5.